The lowest BCUT2D eigenvalue weighted by Gasteiger charge is -2.30. The molecule has 0 aliphatic carbocycles. The highest BCUT2D eigenvalue weighted by Crippen LogP contribution is 2.36. The summed E-state index contributed by atoms with van der Waals surface area (Å²) in [5, 5.41) is 6.08. The first-order valence-corrected chi connectivity index (χ1v) is 9.68. The number of unbranched alkanes of at least 4 members (excludes halogenated alkanes) is 1. The van der Waals surface area contributed by atoms with E-state index in [1.165, 1.54) is 0 Å². The average Bonchev–Trinajstić information content (AvgIpc) is 2.60. The van der Waals surface area contributed by atoms with Crippen molar-refractivity contribution in [3.05, 3.63) is 40.1 Å². The molecule has 0 fully saturated rings. The normalized spacial score (nSPS) is 16.8. The molecule has 0 saturated heterocycles. The second-order valence-electron chi connectivity index (χ2n) is 6.60. The summed E-state index contributed by atoms with van der Waals surface area (Å²) in [6, 6.07) is 4.12. The summed E-state index contributed by atoms with van der Waals surface area (Å²) in [5.41, 5.74) is 1.60. The van der Waals surface area contributed by atoms with E-state index in [1.807, 2.05) is 13.8 Å². The van der Waals surface area contributed by atoms with E-state index in [2.05, 4.69) is 17.6 Å². The quantitative estimate of drug-likeness (QED) is 0.637. The Morgan fingerprint density at radius 3 is 2.67 bits per heavy atom. The van der Waals surface area contributed by atoms with E-state index in [-0.39, 0.29) is 18.7 Å². The summed E-state index contributed by atoms with van der Waals surface area (Å²) in [6.07, 6.45) is 2.29. The lowest BCUT2D eigenvalue weighted by atomic mass is 9.93. The van der Waals surface area contributed by atoms with Gasteiger partial charge < -0.3 is 20.1 Å². The van der Waals surface area contributed by atoms with Gasteiger partial charge in [-0.1, -0.05) is 24.9 Å². The monoisotopic (exact) mass is 394 g/mol. The van der Waals surface area contributed by atoms with Gasteiger partial charge in [-0.05, 0) is 51.8 Å². The van der Waals surface area contributed by atoms with Crippen LogP contribution < -0.4 is 15.4 Å². The fourth-order valence-electron chi connectivity index (χ4n) is 2.96. The molecule has 0 saturated carbocycles. The molecule has 7 heteroatoms. The van der Waals surface area contributed by atoms with Crippen LogP contribution in [-0.4, -0.2) is 24.7 Å². The molecular formula is C20H27ClN2O4. The Bertz CT molecular complexity index is 731. The molecule has 148 valence electrons. The van der Waals surface area contributed by atoms with Crippen molar-refractivity contribution in [1.82, 2.24) is 10.6 Å². The Labute approximate surface area is 165 Å². The van der Waals surface area contributed by atoms with Crippen molar-refractivity contribution in [1.29, 1.82) is 0 Å². The average molecular weight is 395 g/mol. The molecule has 1 heterocycles. The Kier molecular flexibility index (Phi) is 7.54. The lowest BCUT2D eigenvalue weighted by molar-refractivity contribution is -0.139. The molecule has 1 aromatic rings. The van der Waals surface area contributed by atoms with E-state index in [4.69, 9.17) is 21.1 Å². The van der Waals surface area contributed by atoms with Gasteiger partial charge in [0, 0.05) is 16.3 Å². The van der Waals surface area contributed by atoms with Gasteiger partial charge in [0.2, 0.25) is 0 Å². The van der Waals surface area contributed by atoms with Crippen molar-refractivity contribution >= 4 is 23.6 Å². The zero-order valence-electron chi connectivity index (χ0n) is 16.2. The van der Waals surface area contributed by atoms with Crippen LogP contribution in [0.1, 0.15) is 58.6 Å². The summed E-state index contributed by atoms with van der Waals surface area (Å²) in [6.45, 7) is 7.87. The number of hydrogen-bond acceptors (Lipinski definition) is 4. The van der Waals surface area contributed by atoms with Crippen LogP contribution in [0.4, 0.5) is 4.79 Å². The number of benzene rings is 1. The maximum atomic E-state index is 12.7. The number of halogens is 1. The highest BCUT2D eigenvalue weighted by molar-refractivity contribution is 6.30. The molecule has 1 unspecified atom stereocenters. The summed E-state index contributed by atoms with van der Waals surface area (Å²) >= 11 is 6.20. The minimum Gasteiger partial charge on any atom is -0.491 e. The van der Waals surface area contributed by atoms with Gasteiger partial charge in [0.25, 0.3) is 0 Å². The molecule has 0 aromatic heterocycles. The first-order valence-electron chi connectivity index (χ1n) is 9.31. The lowest BCUT2D eigenvalue weighted by Crippen LogP contribution is -2.46. The van der Waals surface area contributed by atoms with Crippen LogP contribution in [-0.2, 0) is 9.53 Å². The Hall–Kier alpha value is -2.21. The Morgan fingerprint density at radius 1 is 1.30 bits per heavy atom. The predicted octanol–water partition coefficient (Wildman–Crippen LogP) is 4.49. The molecule has 1 aromatic carbocycles. The number of urea groups is 1. The largest absolute Gasteiger partial charge is 0.491 e. The van der Waals surface area contributed by atoms with Crippen LogP contribution in [0.3, 0.4) is 0 Å². The second-order valence-corrected chi connectivity index (χ2v) is 7.03. The summed E-state index contributed by atoms with van der Waals surface area (Å²) in [4.78, 5) is 25.0. The molecule has 27 heavy (non-hydrogen) atoms. The molecule has 0 spiro atoms. The Balaban J connectivity index is 2.58. The Morgan fingerprint density at radius 2 is 2.04 bits per heavy atom. The van der Waals surface area contributed by atoms with Crippen molar-refractivity contribution in [3.8, 4) is 5.75 Å². The minimum absolute atomic E-state index is 0.0723. The van der Waals surface area contributed by atoms with Gasteiger partial charge in [-0.3, -0.25) is 0 Å². The molecule has 2 rings (SSSR count). The maximum Gasteiger partial charge on any atom is 0.338 e. The van der Waals surface area contributed by atoms with Gasteiger partial charge in [-0.15, -0.1) is 0 Å². The van der Waals surface area contributed by atoms with E-state index >= 15 is 0 Å². The molecule has 1 atom stereocenters. The maximum absolute atomic E-state index is 12.7. The first-order chi connectivity index (χ1) is 12.9. The fraction of sp³-hybridized carbons (Fsp3) is 0.500. The van der Waals surface area contributed by atoms with Gasteiger partial charge in [0.15, 0.2) is 0 Å². The van der Waals surface area contributed by atoms with E-state index in [9.17, 15) is 9.59 Å². The van der Waals surface area contributed by atoms with Gasteiger partial charge in [-0.25, -0.2) is 9.59 Å². The second kappa shape index (κ2) is 9.65. The third-order valence-corrected chi connectivity index (χ3v) is 4.31. The highest BCUT2D eigenvalue weighted by Gasteiger charge is 2.35. The standard InChI is InChI=1S/C20H27ClN2O4/c1-5-7-8-15-17(19(24)26-6-2)18(23-20(25)22-15)14-11-13(21)9-10-16(14)27-12(3)4/h9-12,18H,5-8H2,1-4H3,(H2,22,23,25). The molecule has 1 aliphatic heterocycles. The van der Waals surface area contributed by atoms with Gasteiger partial charge in [-0.2, -0.15) is 0 Å². The van der Waals surface area contributed by atoms with Crippen LogP contribution in [0.25, 0.3) is 0 Å². The van der Waals surface area contributed by atoms with Gasteiger partial charge in [0.05, 0.1) is 24.3 Å². The van der Waals surface area contributed by atoms with Crippen molar-refractivity contribution in [3.63, 3.8) is 0 Å². The number of esters is 1. The van der Waals surface area contributed by atoms with Crippen molar-refractivity contribution in [2.75, 3.05) is 6.61 Å². The summed E-state index contributed by atoms with van der Waals surface area (Å²) in [7, 11) is 0. The van der Waals surface area contributed by atoms with Gasteiger partial charge >= 0.3 is 12.0 Å². The number of hydrogen-bond donors (Lipinski definition) is 2. The van der Waals surface area contributed by atoms with Crippen LogP contribution in [0.5, 0.6) is 5.75 Å². The molecule has 1 aliphatic rings. The fourth-order valence-corrected chi connectivity index (χ4v) is 3.14. The number of nitrogens with one attached hydrogen (secondary N) is 2. The number of rotatable bonds is 8. The number of ether oxygens (including phenoxy) is 2. The van der Waals surface area contributed by atoms with Crippen LogP contribution in [0, 0.1) is 0 Å². The third-order valence-electron chi connectivity index (χ3n) is 4.07. The third kappa shape index (κ3) is 5.39. The zero-order chi connectivity index (χ0) is 20.0. The minimum atomic E-state index is -0.697. The number of amides is 2. The molecule has 6 nitrogen and oxygen atoms in total. The number of allylic oxidation sites excluding steroid dienone is 1. The molecule has 2 N–H and O–H groups in total. The van der Waals surface area contributed by atoms with Crippen LogP contribution >= 0.6 is 11.6 Å². The number of carbonyl (C=O) groups is 2. The van der Waals surface area contributed by atoms with E-state index in [0.717, 1.165) is 12.8 Å². The van der Waals surface area contributed by atoms with Crippen molar-refractivity contribution in [2.45, 2.75) is 59.1 Å². The SMILES string of the molecule is CCCCC1=C(C(=O)OCC)C(c2cc(Cl)ccc2OC(C)C)NC(=O)N1. The van der Waals surface area contributed by atoms with E-state index in [0.29, 0.717) is 34.0 Å². The van der Waals surface area contributed by atoms with Crippen molar-refractivity contribution < 1.29 is 19.1 Å². The highest BCUT2D eigenvalue weighted by atomic mass is 35.5. The molecular weight excluding hydrogens is 368 g/mol. The van der Waals surface area contributed by atoms with E-state index in [1.54, 1.807) is 25.1 Å². The smallest absolute Gasteiger partial charge is 0.338 e. The topological polar surface area (TPSA) is 76.7 Å². The molecule has 0 radical (unpaired) electrons. The predicted molar refractivity (Wildman–Crippen MR) is 105 cm³/mol. The zero-order valence-corrected chi connectivity index (χ0v) is 17.0. The van der Waals surface area contributed by atoms with Crippen LogP contribution in [0.15, 0.2) is 29.5 Å². The number of carbonyl (C=O) groups excluding carboxylic acids is 2. The molecule has 0 bridgehead atoms. The molecule has 2 amide bonds. The summed E-state index contributed by atoms with van der Waals surface area (Å²) in [5.74, 6) is 0.106. The first kappa shape index (κ1) is 21.1. The van der Waals surface area contributed by atoms with Gasteiger partial charge in [0.1, 0.15) is 5.75 Å². The van der Waals surface area contributed by atoms with E-state index < -0.39 is 12.0 Å². The summed E-state index contributed by atoms with van der Waals surface area (Å²) < 4.78 is 11.2. The van der Waals surface area contributed by atoms with Crippen molar-refractivity contribution in [2.24, 2.45) is 0 Å². The van der Waals surface area contributed by atoms with Crippen LogP contribution in [0.2, 0.25) is 5.02 Å².